The van der Waals surface area contributed by atoms with Crippen molar-refractivity contribution in [3.8, 4) is 0 Å². The molecule has 9 nitrogen and oxygen atoms in total. The first-order valence-corrected chi connectivity index (χ1v) is 19.7. The summed E-state index contributed by atoms with van der Waals surface area (Å²) in [4.78, 5) is 47.0. The molecule has 0 unspecified atom stereocenters. The van der Waals surface area contributed by atoms with Crippen molar-refractivity contribution in [3.63, 3.8) is 0 Å². The van der Waals surface area contributed by atoms with Crippen molar-refractivity contribution in [2.75, 3.05) is 52.4 Å². The summed E-state index contributed by atoms with van der Waals surface area (Å²) in [7, 11) is 0. The van der Waals surface area contributed by atoms with E-state index >= 15 is 0 Å². The number of amides is 3. The second-order valence-corrected chi connectivity index (χ2v) is 15.7. The molecule has 0 saturated carbocycles. The highest BCUT2D eigenvalue weighted by Crippen LogP contribution is 2.16. The third-order valence-corrected chi connectivity index (χ3v) is 9.94. The molecule has 0 spiro atoms. The molecule has 0 bridgehead atoms. The second-order valence-electron chi connectivity index (χ2n) is 15.7. The van der Waals surface area contributed by atoms with Gasteiger partial charge in [-0.1, -0.05) is 128 Å². The lowest BCUT2D eigenvalue weighted by Gasteiger charge is -2.36. The molecule has 9 heteroatoms. The van der Waals surface area contributed by atoms with E-state index in [9.17, 15) is 14.4 Å². The Morgan fingerprint density at radius 2 is 0.909 bits per heavy atom. The topological polar surface area (TPSA) is 85.4 Å². The van der Waals surface area contributed by atoms with Crippen LogP contribution < -0.4 is 5.32 Å². The summed E-state index contributed by atoms with van der Waals surface area (Å²) < 4.78 is 5.40. The Morgan fingerprint density at radius 3 is 1.31 bits per heavy atom. The highest BCUT2D eigenvalue weighted by atomic mass is 16.6. The van der Waals surface area contributed by atoms with Crippen LogP contribution in [0, 0.1) is 5.92 Å². The summed E-state index contributed by atoms with van der Waals surface area (Å²) in [5.74, 6) is 0.278. The lowest BCUT2D eigenvalue weighted by atomic mass is 9.99. The molecule has 4 aromatic rings. The number of carbonyl (C=O) groups is 3. The monoisotopic (exact) mass is 745 g/mol. The van der Waals surface area contributed by atoms with E-state index in [0.717, 1.165) is 64.3 Å². The first-order valence-electron chi connectivity index (χ1n) is 19.7. The Labute approximate surface area is 328 Å². The highest BCUT2D eigenvalue weighted by Gasteiger charge is 2.30. The van der Waals surface area contributed by atoms with Gasteiger partial charge in [-0.15, -0.1) is 0 Å². The van der Waals surface area contributed by atoms with Crippen LogP contribution >= 0.6 is 0 Å². The third kappa shape index (κ3) is 14.0. The van der Waals surface area contributed by atoms with E-state index in [4.69, 9.17) is 4.74 Å². The van der Waals surface area contributed by atoms with Gasteiger partial charge in [0, 0.05) is 77.8 Å². The van der Waals surface area contributed by atoms with Gasteiger partial charge >= 0.3 is 6.09 Å². The molecule has 2 heterocycles. The van der Waals surface area contributed by atoms with Crippen LogP contribution in [0.2, 0.25) is 0 Å². The molecule has 2 atom stereocenters. The van der Waals surface area contributed by atoms with Gasteiger partial charge in [0.1, 0.15) is 11.6 Å². The molecule has 292 valence electrons. The van der Waals surface area contributed by atoms with E-state index in [2.05, 4.69) is 63.6 Å². The number of hydrogen-bond acceptors (Lipinski definition) is 6. The molecule has 0 aromatic heterocycles. The maximum Gasteiger partial charge on any atom is 0.408 e. The molecule has 2 aliphatic rings. The average Bonchev–Trinajstić information content (AvgIpc) is 3.19. The fraction of sp³-hybridized carbons (Fsp3) is 0.413. The van der Waals surface area contributed by atoms with Gasteiger partial charge < -0.3 is 19.9 Å². The Balaban J connectivity index is 0.000000218. The number of rotatable bonds is 11. The van der Waals surface area contributed by atoms with Crippen molar-refractivity contribution in [3.05, 3.63) is 144 Å². The van der Waals surface area contributed by atoms with Crippen molar-refractivity contribution in [1.29, 1.82) is 0 Å². The van der Waals surface area contributed by atoms with Gasteiger partial charge in [0.2, 0.25) is 11.8 Å². The van der Waals surface area contributed by atoms with Gasteiger partial charge in [-0.2, -0.15) is 0 Å². The van der Waals surface area contributed by atoms with Crippen LogP contribution in [0.3, 0.4) is 0 Å². The zero-order chi connectivity index (χ0) is 39.0. The minimum atomic E-state index is -0.655. The fourth-order valence-electron chi connectivity index (χ4n) is 7.02. The molecule has 1 N–H and O–H groups in total. The molecular weight excluding hydrogens is 687 g/mol. The summed E-state index contributed by atoms with van der Waals surface area (Å²) in [5, 5.41) is 2.80. The van der Waals surface area contributed by atoms with Gasteiger partial charge in [-0.25, -0.2) is 4.79 Å². The number of benzene rings is 4. The third-order valence-electron chi connectivity index (χ3n) is 9.94. The molecular formula is C46H59N5O4. The second kappa shape index (κ2) is 20.6. The Bertz CT molecular complexity index is 1740. The first kappa shape index (κ1) is 41.2. The van der Waals surface area contributed by atoms with Crippen LogP contribution in [0.1, 0.15) is 49.9 Å². The summed E-state index contributed by atoms with van der Waals surface area (Å²) in [6.45, 7) is 15.8. The molecule has 2 aliphatic heterocycles. The minimum absolute atomic E-state index is 0.0491. The van der Waals surface area contributed by atoms with E-state index in [1.54, 1.807) is 0 Å². The number of hydrogen-bond donors (Lipinski definition) is 1. The summed E-state index contributed by atoms with van der Waals surface area (Å²) in [5.41, 5.74) is 4.24. The smallest absolute Gasteiger partial charge is 0.408 e. The maximum atomic E-state index is 13.3. The number of nitrogens with one attached hydrogen (secondary N) is 1. The molecule has 0 radical (unpaired) electrons. The highest BCUT2D eigenvalue weighted by molar-refractivity contribution is 5.86. The number of piperazine rings is 2. The van der Waals surface area contributed by atoms with E-state index in [-0.39, 0.29) is 11.8 Å². The quantitative estimate of drug-likeness (QED) is 0.185. The molecule has 3 amide bonds. The fourth-order valence-corrected chi connectivity index (χ4v) is 7.02. The van der Waals surface area contributed by atoms with Crippen LogP contribution in [0.5, 0.6) is 0 Å². The van der Waals surface area contributed by atoms with Crippen LogP contribution in [0.4, 0.5) is 4.79 Å². The number of carbonyl (C=O) groups excluding carboxylic acids is 3. The predicted molar refractivity (Wildman–Crippen MR) is 219 cm³/mol. The Morgan fingerprint density at radius 1 is 0.545 bits per heavy atom. The molecule has 4 aromatic carbocycles. The van der Waals surface area contributed by atoms with E-state index < -0.39 is 17.7 Å². The van der Waals surface area contributed by atoms with Gasteiger partial charge in [0.05, 0.1) is 0 Å². The van der Waals surface area contributed by atoms with Gasteiger partial charge in [-0.05, 0) is 49.4 Å². The molecule has 0 aliphatic carbocycles. The largest absolute Gasteiger partial charge is 0.444 e. The van der Waals surface area contributed by atoms with Crippen molar-refractivity contribution in [1.82, 2.24) is 24.9 Å². The lowest BCUT2D eigenvalue weighted by molar-refractivity contribution is -0.137. The van der Waals surface area contributed by atoms with E-state index in [1.165, 1.54) is 16.7 Å². The van der Waals surface area contributed by atoms with Crippen LogP contribution in [-0.4, -0.2) is 102 Å². The maximum absolute atomic E-state index is 13.3. The lowest BCUT2D eigenvalue weighted by Crippen LogP contribution is -2.55. The van der Waals surface area contributed by atoms with Gasteiger partial charge in [0.25, 0.3) is 0 Å². The summed E-state index contributed by atoms with van der Waals surface area (Å²) in [6.07, 6.45) is 0.692. The van der Waals surface area contributed by atoms with Crippen LogP contribution in [0.15, 0.2) is 121 Å². The SMILES string of the molecule is CC(C)(C)OC(=O)N[C@@H](Cc1ccccc1)C(=O)N1CCN(Cc2ccccc2)CC1.C[C@@H](Cc1ccccc1)C(=O)N1CCN(Cc2ccccc2)CC1. The first-order chi connectivity index (χ1) is 26.5. The zero-order valence-electron chi connectivity index (χ0n) is 33.1. The predicted octanol–water partition coefficient (Wildman–Crippen LogP) is 6.68. The molecule has 2 saturated heterocycles. The zero-order valence-corrected chi connectivity index (χ0v) is 33.1. The van der Waals surface area contributed by atoms with Crippen molar-refractivity contribution in [2.24, 2.45) is 5.92 Å². The van der Waals surface area contributed by atoms with Crippen LogP contribution in [-0.2, 0) is 40.3 Å². The van der Waals surface area contributed by atoms with Crippen molar-refractivity contribution >= 4 is 17.9 Å². The number of ether oxygens (including phenoxy) is 1. The Hall–Kier alpha value is -4.99. The van der Waals surface area contributed by atoms with Crippen LogP contribution in [0.25, 0.3) is 0 Å². The molecule has 2 fully saturated rings. The normalized spacial score (nSPS) is 16.3. The number of alkyl carbamates (subject to hydrolysis) is 1. The summed E-state index contributed by atoms with van der Waals surface area (Å²) >= 11 is 0. The van der Waals surface area contributed by atoms with E-state index in [1.807, 2.05) is 110 Å². The summed E-state index contributed by atoms with van der Waals surface area (Å²) in [6, 6.07) is 40.3. The molecule has 55 heavy (non-hydrogen) atoms. The van der Waals surface area contributed by atoms with Gasteiger partial charge in [0.15, 0.2) is 0 Å². The standard InChI is InChI=1S/C25H33N3O3.C21H26N2O/c1-25(2,3)31-24(30)26-22(18-20-10-6-4-7-11-20)23(29)28-16-14-27(15-17-28)19-21-12-8-5-9-13-21;1-18(16-19-8-4-2-5-9-19)21(24)23-14-12-22(13-15-23)17-20-10-6-3-7-11-20/h4-13,22H,14-19H2,1-3H3,(H,26,30);2-11,18H,12-17H2,1H3/t22-;18-/m00/s1. The molecule has 6 rings (SSSR count). The van der Waals surface area contributed by atoms with Crippen molar-refractivity contribution in [2.45, 2.75) is 65.3 Å². The van der Waals surface area contributed by atoms with E-state index in [0.29, 0.717) is 25.4 Å². The van der Waals surface area contributed by atoms with Gasteiger partial charge in [-0.3, -0.25) is 19.4 Å². The Kier molecular flexibility index (Phi) is 15.4. The minimum Gasteiger partial charge on any atom is -0.444 e. The van der Waals surface area contributed by atoms with Crippen molar-refractivity contribution < 1.29 is 19.1 Å². The average molecular weight is 746 g/mol. The number of nitrogens with zero attached hydrogens (tertiary/aromatic N) is 4.